The van der Waals surface area contributed by atoms with Crippen LogP contribution in [0.1, 0.15) is 36.9 Å². The topological polar surface area (TPSA) is 85.2 Å². The van der Waals surface area contributed by atoms with Gasteiger partial charge in [-0.25, -0.2) is 13.8 Å². The Hall–Kier alpha value is -3.52. The first-order chi connectivity index (χ1) is 15.8. The van der Waals surface area contributed by atoms with Crippen molar-refractivity contribution in [1.29, 1.82) is 0 Å². The molecule has 1 heterocycles. The van der Waals surface area contributed by atoms with Gasteiger partial charge in [-0.15, -0.1) is 0 Å². The Morgan fingerprint density at radius 3 is 2.58 bits per heavy atom. The third-order valence-electron chi connectivity index (χ3n) is 5.50. The number of aliphatic imine (C=N–C) groups is 1. The number of carbonyl (C=O) groups excluding carboxylic acids is 1. The molecule has 1 aliphatic heterocycles. The summed E-state index contributed by atoms with van der Waals surface area (Å²) in [7, 11) is 1.94. The maximum Gasteiger partial charge on any atom is 0.274 e. The number of hydrogen-bond donors (Lipinski definition) is 3. The first-order valence-corrected chi connectivity index (χ1v) is 10.7. The SMILES string of the molecule is CCN(C)C(C1=N/C(C(=O)NCc2ccc(F)cc2F)=C(O)\C(O)=C/CC1)c1ccccc1. The van der Waals surface area contributed by atoms with Crippen LogP contribution in [0.25, 0.3) is 0 Å². The highest BCUT2D eigenvalue weighted by molar-refractivity contribution is 6.00. The fraction of sp³-hybridized carbons (Fsp3) is 0.280. The summed E-state index contributed by atoms with van der Waals surface area (Å²) in [6, 6.07) is 12.5. The zero-order chi connectivity index (χ0) is 24.0. The van der Waals surface area contributed by atoms with Crippen LogP contribution in [0.5, 0.6) is 0 Å². The average Bonchev–Trinajstić information content (AvgIpc) is 2.80. The molecule has 0 saturated heterocycles. The van der Waals surface area contributed by atoms with Gasteiger partial charge in [-0.3, -0.25) is 9.69 Å². The van der Waals surface area contributed by atoms with Crippen molar-refractivity contribution in [1.82, 2.24) is 10.2 Å². The number of rotatable bonds is 7. The van der Waals surface area contributed by atoms with E-state index < -0.39 is 29.1 Å². The normalized spacial score (nSPS) is 19.2. The van der Waals surface area contributed by atoms with Gasteiger partial charge < -0.3 is 15.5 Å². The predicted octanol–water partition coefficient (Wildman–Crippen LogP) is 4.72. The summed E-state index contributed by atoms with van der Waals surface area (Å²) in [4.78, 5) is 19.5. The number of hydrogen-bond acceptors (Lipinski definition) is 5. The molecule has 2 aromatic carbocycles. The van der Waals surface area contributed by atoms with Crippen LogP contribution in [0.2, 0.25) is 0 Å². The summed E-state index contributed by atoms with van der Waals surface area (Å²) in [5.74, 6) is -3.42. The number of benzene rings is 2. The molecule has 33 heavy (non-hydrogen) atoms. The molecule has 0 saturated carbocycles. The standard InChI is InChI=1S/C25H27F2N3O3/c1-3-30(2)23(16-8-5-4-6-9-16)20-10-7-11-21(31)24(32)22(29-20)25(33)28-15-17-12-13-18(26)14-19(17)27/h4-6,8-9,11-14,23,31-32H,3,7,10,15H2,1-2H3,(H,28,33)/b21-11+,24-22+,29-20?. The number of aliphatic hydroxyl groups excluding tert-OH is 2. The lowest BCUT2D eigenvalue weighted by molar-refractivity contribution is -0.117. The van der Waals surface area contributed by atoms with Gasteiger partial charge in [-0.2, -0.15) is 0 Å². The molecule has 0 aliphatic carbocycles. The highest BCUT2D eigenvalue weighted by Crippen LogP contribution is 2.27. The van der Waals surface area contributed by atoms with E-state index in [1.807, 2.05) is 44.3 Å². The molecule has 0 spiro atoms. The van der Waals surface area contributed by atoms with Crippen LogP contribution in [-0.4, -0.2) is 40.3 Å². The van der Waals surface area contributed by atoms with Gasteiger partial charge >= 0.3 is 0 Å². The van der Waals surface area contributed by atoms with Crippen molar-refractivity contribution in [2.24, 2.45) is 4.99 Å². The molecule has 0 aromatic heterocycles. The molecule has 1 amide bonds. The Morgan fingerprint density at radius 2 is 1.91 bits per heavy atom. The highest BCUT2D eigenvalue weighted by Gasteiger charge is 2.27. The van der Waals surface area contributed by atoms with E-state index in [9.17, 15) is 23.8 Å². The summed E-state index contributed by atoms with van der Waals surface area (Å²) in [5, 5.41) is 23.2. The molecule has 6 nitrogen and oxygen atoms in total. The van der Waals surface area contributed by atoms with Crippen LogP contribution in [-0.2, 0) is 11.3 Å². The Bertz CT molecular complexity index is 1100. The first-order valence-electron chi connectivity index (χ1n) is 10.7. The zero-order valence-electron chi connectivity index (χ0n) is 18.6. The molecule has 174 valence electrons. The fourth-order valence-electron chi connectivity index (χ4n) is 3.63. The van der Waals surface area contributed by atoms with E-state index in [0.29, 0.717) is 25.1 Å². The number of carbonyl (C=O) groups is 1. The molecule has 1 atom stereocenters. The summed E-state index contributed by atoms with van der Waals surface area (Å²) in [6.45, 7) is 2.47. The van der Waals surface area contributed by atoms with Gasteiger partial charge in [0.2, 0.25) is 0 Å². The van der Waals surface area contributed by atoms with Gasteiger partial charge in [0, 0.05) is 23.9 Å². The van der Waals surface area contributed by atoms with Crippen LogP contribution in [0.15, 0.2) is 76.8 Å². The lowest BCUT2D eigenvalue weighted by atomic mass is 9.96. The minimum atomic E-state index is -0.799. The molecular formula is C25H27F2N3O3. The molecule has 3 N–H and O–H groups in total. The number of nitrogens with zero attached hydrogens (tertiary/aromatic N) is 2. The summed E-state index contributed by atoms with van der Waals surface area (Å²) >= 11 is 0. The van der Waals surface area contributed by atoms with E-state index in [-0.39, 0.29) is 23.8 Å². The first kappa shape index (κ1) is 24.1. The van der Waals surface area contributed by atoms with Crippen LogP contribution >= 0.6 is 0 Å². The van der Waals surface area contributed by atoms with E-state index in [0.717, 1.165) is 17.7 Å². The minimum Gasteiger partial charge on any atom is -0.504 e. The summed E-state index contributed by atoms with van der Waals surface area (Å²) in [6.07, 6.45) is 2.31. The van der Waals surface area contributed by atoms with Crippen molar-refractivity contribution < 1.29 is 23.8 Å². The van der Waals surface area contributed by atoms with Gasteiger partial charge in [-0.1, -0.05) is 43.3 Å². The second-order valence-corrected chi connectivity index (χ2v) is 7.73. The van der Waals surface area contributed by atoms with Crippen molar-refractivity contribution >= 4 is 11.6 Å². The monoisotopic (exact) mass is 455 g/mol. The lowest BCUT2D eigenvalue weighted by Gasteiger charge is -2.29. The predicted molar refractivity (Wildman–Crippen MR) is 123 cm³/mol. The quantitative estimate of drug-likeness (QED) is 0.564. The van der Waals surface area contributed by atoms with Gasteiger partial charge in [0.1, 0.15) is 11.6 Å². The van der Waals surface area contributed by atoms with E-state index in [2.05, 4.69) is 15.2 Å². The van der Waals surface area contributed by atoms with Crippen molar-refractivity contribution in [3.63, 3.8) is 0 Å². The van der Waals surface area contributed by atoms with Crippen molar-refractivity contribution in [2.75, 3.05) is 13.6 Å². The van der Waals surface area contributed by atoms with Gasteiger partial charge in [0.25, 0.3) is 5.91 Å². The minimum absolute atomic E-state index is 0.0764. The molecule has 8 heteroatoms. The summed E-state index contributed by atoms with van der Waals surface area (Å²) in [5.41, 5.74) is 1.32. The molecule has 0 radical (unpaired) electrons. The average molecular weight is 456 g/mol. The zero-order valence-corrected chi connectivity index (χ0v) is 18.6. The molecule has 2 aromatic rings. The number of amides is 1. The van der Waals surface area contributed by atoms with E-state index in [1.165, 1.54) is 12.1 Å². The Morgan fingerprint density at radius 1 is 1.18 bits per heavy atom. The lowest BCUT2D eigenvalue weighted by Crippen LogP contribution is -2.32. The second-order valence-electron chi connectivity index (χ2n) is 7.73. The second kappa shape index (κ2) is 10.9. The van der Waals surface area contributed by atoms with Crippen molar-refractivity contribution in [2.45, 2.75) is 32.4 Å². The van der Waals surface area contributed by atoms with Gasteiger partial charge in [0.15, 0.2) is 17.2 Å². The van der Waals surface area contributed by atoms with Crippen molar-refractivity contribution in [3.05, 3.63) is 94.6 Å². The Labute approximate surface area is 191 Å². The maximum atomic E-state index is 13.9. The number of aliphatic hydroxyl groups is 2. The third-order valence-corrected chi connectivity index (χ3v) is 5.50. The van der Waals surface area contributed by atoms with Crippen LogP contribution < -0.4 is 5.32 Å². The summed E-state index contributed by atoms with van der Waals surface area (Å²) < 4.78 is 27.1. The smallest absolute Gasteiger partial charge is 0.274 e. The number of allylic oxidation sites excluding steroid dienone is 1. The molecular weight excluding hydrogens is 428 g/mol. The number of halogens is 2. The van der Waals surface area contributed by atoms with Crippen molar-refractivity contribution in [3.8, 4) is 0 Å². The fourth-order valence-corrected chi connectivity index (χ4v) is 3.63. The maximum absolute atomic E-state index is 13.9. The largest absolute Gasteiger partial charge is 0.504 e. The number of nitrogens with one attached hydrogen (secondary N) is 1. The van der Waals surface area contributed by atoms with E-state index in [1.54, 1.807) is 0 Å². The highest BCUT2D eigenvalue weighted by atomic mass is 19.1. The molecule has 0 bridgehead atoms. The Balaban J connectivity index is 1.96. The van der Waals surface area contributed by atoms with Crippen LogP contribution in [0.4, 0.5) is 8.78 Å². The Kier molecular flexibility index (Phi) is 7.95. The molecule has 3 rings (SSSR count). The van der Waals surface area contributed by atoms with Gasteiger partial charge in [-0.05, 0) is 44.1 Å². The van der Waals surface area contributed by atoms with Crippen LogP contribution in [0, 0.1) is 11.6 Å². The molecule has 1 unspecified atom stereocenters. The third kappa shape index (κ3) is 5.84. The van der Waals surface area contributed by atoms with Crippen LogP contribution in [0.3, 0.4) is 0 Å². The van der Waals surface area contributed by atoms with Gasteiger partial charge in [0.05, 0.1) is 6.04 Å². The van der Waals surface area contributed by atoms with E-state index >= 15 is 0 Å². The molecule has 1 aliphatic rings. The molecule has 0 fully saturated rings. The van der Waals surface area contributed by atoms with E-state index in [4.69, 9.17) is 0 Å².